The maximum absolute atomic E-state index is 13.1. The summed E-state index contributed by atoms with van der Waals surface area (Å²) >= 11 is 0. The summed E-state index contributed by atoms with van der Waals surface area (Å²) in [6.45, 7) is 8.39. The van der Waals surface area contributed by atoms with E-state index in [1.807, 2.05) is 49.4 Å². The van der Waals surface area contributed by atoms with Crippen LogP contribution in [0.1, 0.15) is 43.0 Å². The number of nitrogens with zero attached hydrogens (tertiary/aromatic N) is 2. The molecule has 3 aromatic carbocycles. The van der Waals surface area contributed by atoms with Crippen LogP contribution in [-0.4, -0.2) is 16.0 Å². The number of aryl methyl sites for hydroxylation is 3. The number of amides is 2. The van der Waals surface area contributed by atoms with E-state index in [0.717, 1.165) is 58.1 Å². The van der Waals surface area contributed by atoms with Gasteiger partial charge in [-0.2, -0.15) is 4.98 Å². The number of hydrogen-bond acceptors (Lipinski definition) is 5. The van der Waals surface area contributed by atoms with Gasteiger partial charge in [-0.15, -0.1) is 0 Å². The minimum absolute atomic E-state index is 0.0889. The van der Waals surface area contributed by atoms with Crippen molar-refractivity contribution in [2.24, 2.45) is 0 Å². The fraction of sp³-hybridized carbons (Fsp3) is 0.233. The van der Waals surface area contributed by atoms with Crippen molar-refractivity contribution < 1.29 is 4.79 Å². The van der Waals surface area contributed by atoms with Crippen LogP contribution < -0.4 is 21.3 Å². The second kappa shape index (κ2) is 9.93. The van der Waals surface area contributed by atoms with E-state index in [1.54, 1.807) is 6.20 Å². The lowest BCUT2D eigenvalue weighted by atomic mass is 9.86. The molecule has 1 aliphatic heterocycles. The molecule has 5 rings (SSSR count). The number of carbonyl (C=O) groups excluding carboxylic acids is 1. The van der Waals surface area contributed by atoms with Crippen LogP contribution in [0.5, 0.6) is 0 Å². The average molecular weight is 493 g/mol. The molecule has 2 heterocycles. The molecule has 6 bridgehead atoms. The van der Waals surface area contributed by atoms with E-state index in [1.165, 1.54) is 5.56 Å². The van der Waals surface area contributed by atoms with Crippen molar-refractivity contribution >= 4 is 40.5 Å². The molecule has 1 aromatic heterocycles. The topological polar surface area (TPSA) is 91.0 Å². The van der Waals surface area contributed by atoms with Crippen molar-refractivity contribution in [1.82, 2.24) is 9.97 Å². The first-order valence-corrected chi connectivity index (χ1v) is 12.5. The van der Waals surface area contributed by atoms with E-state index >= 15 is 0 Å². The standard InChI is InChI=1S/C30H32N6O/c1-19-18-31-28-33-22-9-7-8-20(16-22)12-13-21-17-23(32-27(19)36-28)14-15-25(21)34-29(37)35-26-11-6-5-10-24(26)30(2,3)4/h5-11,14-18H,12-13H2,1-4H3,(H2,34,35,37)(H2,31,32,33,36). The predicted molar refractivity (Wildman–Crippen MR) is 151 cm³/mol. The Bertz CT molecular complexity index is 1460. The fourth-order valence-corrected chi connectivity index (χ4v) is 4.50. The average Bonchev–Trinajstić information content (AvgIpc) is 2.86. The van der Waals surface area contributed by atoms with Gasteiger partial charge in [0, 0.05) is 34.5 Å². The van der Waals surface area contributed by atoms with E-state index in [0.29, 0.717) is 5.95 Å². The molecule has 0 spiro atoms. The molecular weight excluding hydrogens is 460 g/mol. The molecule has 7 nitrogen and oxygen atoms in total. The maximum atomic E-state index is 13.1. The summed E-state index contributed by atoms with van der Waals surface area (Å²) in [6, 6.07) is 21.9. The molecule has 0 radical (unpaired) electrons. The minimum Gasteiger partial charge on any atom is -0.340 e. The van der Waals surface area contributed by atoms with Crippen molar-refractivity contribution in [2.45, 2.75) is 46.0 Å². The molecule has 188 valence electrons. The van der Waals surface area contributed by atoms with Gasteiger partial charge in [0.05, 0.1) is 0 Å². The second-order valence-electron chi connectivity index (χ2n) is 10.4. The summed E-state index contributed by atoms with van der Waals surface area (Å²) in [7, 11) is 0. The molecule has 0 saturated heterocycles. The van der Waals surface area contributed by atoms with Gasteiger partial charge in [-0.3, -0.25) is 0 Å². The Labute approximate surface area is 217 Å². The molecule has 0 unspecified atom stereocenters. The quantitative estimate of drug-likeness (QED) is 0.235. The summed E-state index contributed by atoms with van der Waals surface area (Å²) in [6.07, 6.45) is 3.38. The molecule has 37 heavy (non-hydrogen) atoms. The molecule has 0 aliphatic carbocycles. The number of aromatic nitrogens is 2. The lowest BCUT2D eigenvalue weighted by molar-refractivity contribution is 0.262. The summed E-state index contributed by atoms with van der Waals surface area (Å²) in [5, 5.41) is 12.9. The number of urea groups is 1. The van der Waals surface area contributed by atoms with Gasteiger partial charge >= 0.3 is 6.03 Å². The van der Waals surface area contributed by atoms with Gasteiger partial charge in [-0.1, -0.05) is 51.1 Å². The zero-order valence-electron chi connectivity index (χ0n) is 21.6. The van der Waals surface area contributed by atoms with Crippen LogP contribution >= 0.6 is 0 Å². The summed E-state index contributed by atoms with van der Waals surface area (Å²) in [5.74, 6) is 1.27. The first kappa shape index (κ1) is 24.3. The number of benzene rings is 3. The highest BCUT2D eigenvalue weighted by atomic mass is 16.2. The number of anilines is 6. The van der Waals surface area contributed by atoms with Gasteiger partial charge in [-0.25, -0.2) is 9.78 Å². The van der Waals surface area contributed by atoms with Crippen molar-refractivity contribution in [3.63, 3.8) is 0 Å². The minimum atomic E-state index is -0.265. The first-order valence-electron chi connectivity index (χ1n) is 12.5. The van der Waals surface area contributed by atoms with E-state index in [2.05, 4.69) is 76.3 Å². The number of carbonyl (C=O) groups is 1. The Hall–Kier alpha value is -4.39. The fourth-order valence-electron chi connectivity index (χ4n) is 4.50. The van der Waals surface area contributed by atoms with Gasteiger partial charge < -0.3 is 21.3 Å². The van der Waals surface area contributed by atoms with Crippen LogP contribution in [0.3, 0.4) is 0 Å². The van der Waals surface area contributed by atoms with Crippen LogP contribution in [0.25, 0.3) is 0 Å². The molecule has 4 aromatic rings. The molecular formula is C30H32N6O. The van der Waals surface area contributed by atoms with Crippen molar-refractivity contribution in [3.8, 4) is 0 Å². The third kappa shape index (κ3) is 5.72. The lowest BCUT2D eigenvalue weighted by Crippen LogP contribution is -2.23. The molecule has 7 heteroatoms. The zero-order chi connectivity index (χ0) is 26.0. The highest BCUT2D eigenvalue weighted by Gasteiger charge is 2.19. The van der Waals surface area contributed by atoms with E-state index in [9.17, 15) is 4.79 Å². The van der Waals surface area contributed by atoms with Gasteiger partial charge in [0.2, 0.25) is 5.95 Å². The largest absolute Gasteiger partial charge is 0.340 e. The molecule has 1 aliphatic rings. The normalized spacial score (nSPS) is 12.6. The molecule has 2 amide bonds. The number of rotatable bonds is 2. The van der Waals surface area contributed by atoms with Crippen molar-refractivity contribution in [1.29, 1.82) is 0 Å². The van der Waals surface area contributed by atoms with Crippen molar-refractivity contribution in [2.75, 3.05) is 21.3 Å². The SMILES string of the molecule is Cc1cnc2nc1Nc1ccc(NC(=O)Nc3ccccc3C(C)(C)C)c(c1)CCc1cccc(c1)N2. The molecule has 0 atom stereocenters. The molecule has 0 fully saturated rings. The zero-order valence-corrected chi connectivity index (χ0v) is 21.6. The Kier molecular flexibility index (Phi) is 6.53. The number of para-hydroxylation sites is 1. The lowest BCUT2D eigenvalue weighted by Gasteiger charge is -2.23. The Morgan fingerprint density at radius 2 is 1.65 bits per heavy atom. The summed E-state index contributed by atoms with van der Waals surface area (Å²) in [5.41, 5.74) is 7.59. The summed E-state index contributed by atoms with van der Waals surface area (Å²) < 4.78 is 0. The monoisotopic (exact) mass is 492 g/mol. The van der Waals surface area contributed by atoms with Crippen LogP contribution in [0.4, 0.5) is 39.3 Å². The van der Waals surface area contributed by atoms with Crippen LogP contribution in [0, 0.1) is 6.92 Å². The number of nitrogens with one attached hydrogen (secondary N) is 4. The van der Waals surface area contributed by atoms with Crippen LogP contribution in [-0.2, 0) is 18.3 Å². The molecule has 0 saturated carbocycles. The first-order chi connectivity index (χ1) is 17.7. The van der Waals surface area contributed by atoms with Crippen LogP contribution in [0.2, 0.25) is 0 Å². The van der Waals surface area contributed by atoms with Gasteiger partial charge in [0.1, 0.15) is 5.82 Å². The second-order valence-corrected chi connectivity index (χ2v) is 10.4. The van der Waals surface area contributed by atoms with Gasteiger partial charge in [0.25, 0.3) is 0 Å². The highest BCUT2D eigenvalue weighted by molar-refractivity contribution is 6.01. The Morgan fingerprint density at radius 1 is 0.865 bits per heavy atom. The Morgan fingerprint density at radius 3 is 2.49 bits per heavy atom. The van der Waals surface area contributed by atoms with Gasteiger partial charge in [-0.05, 0) is 78.3 Å². The third-order valence-electron chi connectivity index (χ3n) is 6.44. The van der Waals surface area contributed by atoms with Crippen LogP contribution in [0.15, 0.2) is 72.9 Å². The van der Waals surface area contributed by atoms with Crippen molar-refractivity contribution in [3.05, 3.63) is 95.2 Å². The summed E-state index contributed by atoms with van der Waals surface area (Å²) in [4.78, 5) is 22.2. The van der Waals surface area contributed by atoms with E-state index in [-0.39, 0.29) is 11.4 Å². The smallest absolute Gasteiger partial charge is 0.323 e. The highest BCUT2D eigenvalue weighted by Crippen LogP contribution is 2.30. The number of fused-ring (bicyclic) bond motifs is 6. The molecule has 4 N–H and O–H groups in total. The van der Waals surface area contributed by atoms with Gasteiger partial charge in [0.15, 0.2) is 0 Å². The predicted octanol–water partition coefficient (Wildman–Crippen LogP) is 7.31. The third-order valence-corrected chi connectivity index (χ3v) is 6.44. The maximum Gasteiger partial charge on any atom is 0.323 e. The van der Waals surface area contributed by atoms with E-state index < -0.39 is 0 Å². The Balaban J connectivity index is 1.45. The van der Waals surface area contributed by atoms with E-state index in [4.69, 9.17) is 0 Å². The number of hydrogen-bond donors (Lipinski definition) is 4.